The molecule has 2 saturated heterocycles. The van der Waals surface area contributed by atoms with E-state index >= 15 is 0 Å². The van der Waals surface area contributed by atoms with Crippen molar-refractivity contribution in [3.05, 3.63) is 107 Å². The van der Waals surface area contributed by atoms with Gasteiger partial charge in [-0.2, -0.15) is 0 Å². The van der Waals surface area contributed by atoms with Crippen LogP contribution < -0.4 is 18.9 Å². The van der Waals surface area contributed by atoms with E-state index in [2.05, 4.69) is 38.1 Å². The van der Waals surface area contributed by atoms with Gasteiger partial charge in [0.25, 0.3) is 11.8 Å². The minimum Gasteiger partial charge on any atom is -0.493 e. The summed E-state index contributed by atoms with van der Waals surface area (Å²) in [5.74, 6) is 2.72. The summed E-state index contributed by atoms with van der Waals surface area (Å²) in [4.78, 5) is 45.3. The summed E-state index contributed by atoms with van der Waals surface area (Å²) >= 11 is 3.79. The molecule has 0 aliphatic carbocycles. The molecule has 4 aliphatic rings. The number of likely N-dealkylation sites (tertiary alicyclic amines) is 2. The molecule has 4 aliphatic heterocycles. The lowest BCUT2D eigenvalue weighted by molar-refractivity contribution is -0.0115. The summed E-state index contributed by atoms with van der Waals surface area (Å²) in [6, 6.07) is 27.3. The molecule has 8 rings (SSSR count). The number of carbonyl (C=O) groups is 3. The molecule has 0 N–H and O–H groups in total. The Morgan fingerprint density at radius 1 is 0.603 bits per heavy atom. The average molecular weight is 895 g/mol. The van der Waals surface area contributed by atoms with Crippen LogP contribution in [0, 0.1) is 0 Å². The first kappa shape index (κ1) is 46.3. The Hall–Kier alpha value is -4.65. The predicted octanol–water partition coefficient (Wildman–Crippen LogP) is 11.0. The normalized spacial score (nSPS) is 18.7. The molecule has 1 unspecified atom stereocenters. The number of ketones is 1. The zero-order chi connectivity index (χ0) is 44.9. The monoisotopic (exact) mass is 894 g/mol. The molecule has 63 heavy (non-hydrogen) atoms. The molecule has 2 amide bonds. The molecule has 4 aromatic rings. The number of rotatable bonds is 10. The van der Waals surface area contributed by atoms with Crippen molar-refractivity contribution in [1.29, 1.82) is 0 Å². The van der Waals surface area contributed by atoms with E-state index in [1.165, 1.54) is 10.5 Å². The third kappa shape index (κ3) is 10.8. The number of methoxy groups -OCH3 is 2. The maximum atomic E-state index is 13.3. The van der Waals surface area contributed by atoms with Crippen LogP contribution in [0.5, 0.6) is 23.0 Å². The van der Waals surface area contributed by atoms with E-state index in [0.29, 0.717) is 53.6 Å². The van der Waals surface area contributed by atoms with Gasteiger partial charge in [-0.15, -0.1) is 23.5 Å². The molecular formula is C51H62N2O8S2. The molecule has 0 saturated carbocycles. The van der Waals surface area contributed by atoms with Gasteiger partial charge in [0.2, 0.25) is 0 Å². The topological polar surface area (TPSA) is 104 Å². The number of hydrogen-bond acceptors (Lipinski definition) is 10. The predicted molar refractivity (Wildman–Crippen MR) is 250 cm³/mol. The van der Waals surface area contributed by atoms with Crippen molar-refractivity contribution in [3.8, 4) is 23.0 Å². The number of thioether (sulfide) groups is 2. The van der Waals surface area contributed by atoms with E-state index in [4.69, 9.17) is 23.7 Å². The second kappa shape index (κ2) is 20.0. The fourth-order valence-electron chi connectivity index (χ4n) is 8.94. The molecular weight excluding hydrogens is 833 g/mol. The Morgan fingerprint density at radius 2 is 1.08 bits per heavy atom. The second-order valence-corrected chi connectivity index (χ2v) is 20.8. The number of benzene rings is 4. The van der Waals surface area contributed by atoms with Crippen LogP contribution in [-0.2, 0) is 4.74 Å². The molecule has 2 fully saturated rings. The summed E-state index contributed by atoms with van der Waals surface area (Å²) in [6.07, 6.45) is 5.45. The van der Waals surface area contributed by atoms with Gasteiger partial charge in [-0.3, -0.25) is 14.4 Å². The van der Waals surface area contributed by atoms with Crippen LogP contribution >= 0.6 is 23.5 Å². The third-order valence-electron chi connectivity index (χ3n) is 12.1. The number of carbonyl (C=O) groups excluding carboxylic acids is 3. The van der Waals surface area contributed by atoms with Crippen LogP contribution in [0.15, 0.2) is 94.7 Å². The van der Waals surface area contributed by atoms with Gasteiger partial charge in [-0.05, 0) is 128 Å². The van der Waals surface area contributed by atoms with Crippen LogP contribution in [0.25, 0.3) is 0 Å². The first-order chi connectivity index (χ1) is 30.2. The average Bonchev–Trinajstić information content (AvgIpc) is 3.26. The van der Waals surface area contributed by atoms with E-state index in [-0.39, 0.29) is 51.5 Å². The quantitative estimate of drug-likeness (QED) is 0.153. The Morgan fingerprint density at radius 3 is 1.59 bits per heavy atom. The Labute approximate surface area is 381 Å². The molecule has 4 aromatic carbocycles. The fraction of sp³-hybridized carbons (Fsp3) is 0.471. The van der Waals surface area contributed by atoms with Crippen LogP contribution in [0.2, 0.25) is 0 Å². The molecule has 0 bridgehead atoms. The highest BCUT2D eigenvalue weighted by atomic mass is 32.2. The summed E-state index contributed by atoms with van der Waals surface area (Å²) in [7, 11) is 3.19. The lowest BCUT2D eigenvalue weighted by Crippen LogP contribution is -2.47. The third-order valence-corrected chi connectivity index (χ3v) is 15.2. The number of hydrogen-bond donors (Lipinski definition) is 0. The van der Waals surface area contributed by atoms with Gasteiger partial charge in [0, 0.05) is 68.6 Å². The largest absolute Gasteiger partial charge is 0.493 e. The van der Waals surface area contributed by atoms with Gasteiger partial charge in [0.1, 0.15) is 0 Å². The first-order valence-corrected chi connectivity index (χ1v) is 23.9. The van der Waals surface area contributed by atoms with Crippen LogP contribution in [0.3, 0.4) is 0 Å². The van der Waals surface area contributed by atoms with Crippen molar-refractivity contribution in [3.63, 3.8) is 0 Å². The van der Waals surface area contributed by atoms with Gasteiger partial charge in [-0.25, -0.2) is 0 Å². The molecule has 12 heteroatoms. The van der Waals surface area contributed by atoms with E-state index in [1.807, 2.05) is 97.4 Å². The van der Waals surface area contributed by atoms with Crippen molar-refractivity contribution in [1.82, 2.24) is 9.80 Å². The maximum absolute atomic E-state index is 13.3. The number of ether oxygens (including phenoxy) is 5. The SMILES string of the molecule is COc1cc(C(=O)N2CCC3(CC2)CC(=O)c2ccccc2S3)ccc1OC(C)C.COc1cc(C(=O)N2CCC3(CC2)CC(OC(C)C)c2ccccc2S3)ccc1OC(C)C. The smallest absolute Gasteiger partial charge is 0.253 e. The Bertz CT molecular complexity index is 2260. The molecule has 336 valence electrons. The van der Waals surface area contributed by atoms with Crippen molar-refractivity contribution in [2.45, 2.75) is 124 Å². The molecule has 0 radical (unpaired) electrons. The molecule has 0 aromatic heterocycles. The van der Waals surface area contributed by atoms with Crippen molar-refractivity contribution in [2.24, 2.45) is 0 Å². The highest BCUT2D eigenvalue weighted by Gasteiger charge is 2.44. The summed E-state index contributed by atoms with van der Waals surface area (Å²) in [5, 5.41) is 0. The minimum absolute atomic E-state index is 0.00761. The van der Waals surface area contributed by atoms with Gasteiger partial charge >= 0.3 is 0 Å². The van der Waals surface area contributed by atoms with Crippen molar-refractivity contribution >= 4 is 41.1 Å². The van der Waals surface area contributed by atoms with E-state index in [0.717, 1.165) is 55.7 Å². The molecule has 4 heterocycles. The van der Waals surface area contributed by atoms with Crippen LogP contribution in [0.4, 0.5) is 0 Å². The fourth-order valence-corrected chi connectivity index (χ4v) is 12.0. The standard InChI is InChI=1S/C27H35NO4S.C24H27NO4S/c1-18(2)31-22-11-10-20(16-23(22)30-5)26(29)28-14-12-27(13-15-28)17-24(32-19(3)4)21-8-6-7-9-25(21)33-27;1-16(2)29-20-9-8-17(14-21(20)28-3)23(27)25-12-10-24(11-13-25)15-19(26)18-6-4-5-7-22(18)30-24/h6-11,16,18-19,24H,12-15,17H2,1-5H3;4-9,14,16H,10-13,15H2,1-3H3. The van der Waals surface area contributed by atoms with E-state index in [1.54, 1.807) is 38.5 Å². The van der Waals surface area contributed by atoms with E-state index < -0.39 is 0 Å². The van der Waals surface area contributed by atoms with Gasteiger partial charge in [0.05, 0.1) is 38.6 Å². The number of nitrogens with zero attached hydrogens (tertiary/aromatic N) is 2. The van der Waals surface area contributed by atoms with Gasteiger partial charge in [0.15, 0.2) is 28.8 Å². The zero-order valence-corrected chi connectivity index (χ0v) is 39.6. The number of Topliss-reactive ketones (excluding diaryl/α,β-unsaturated/α-hetero) is 1. The zero-order valence-electron chi connectivity index (χ0n) is 37.9. The highest BCUT2D eigenvalue weighted by Crippen LogP contribution is 2.54. The minimum atomic E-state index is -0.102. The Kier molecular flexibility index (Phi) is 14.7. The number of fused-ring (bicyclic) bond motifs is 2. The molecule has 1 atom stereocenters. The van der Waals surface area contributed by atoms with Crippen molar-refractivity contribution in [2.75, 3.05) is 40.4 Å². The second-order valence-electron chi connectivity index (χ2n) is 17.7. The molecule has 10 nitrogen and oxygen atoms in total. The van der Waals surface area contributed by atoms with Crippen LogP contribution in [-0.4, -0.2) is 95.6 Å². The van der Waals surface area contributed by atoms with Crippen LogP contribution in [0.1, 0.15) is 123 Å². The van der Waals surface area contributed by atoms with Gasteiger partial charge < -0.3 is 33.5 Å². The highest BCUT2D eigenvalue weighted by molar-refractivity contribution is 8.01. The lowest BCUT2D eigenvalue weighted by Gasteiger charge is -2.46. The molecule has 2 spiro atoms. The number of piperidine rings is 2. The number of amides is 2. The summed E-state index contributed by atoms with van der Waals surface area (Å²) < 4.78 is 28.8. The first-order valence-electron chi connectivity index (χ1n) is 22.2. The Balaban J connectivity index is 0.000000190. The van der Waals surface area contributed by atoms with Crippen molar-refractivity contribution < 1.29 is 38.1 Å². The lowest BCUT2D eigenvalue weighted by atomic mass is 9.86. The summed E-state index contributed by atoms with van der Waals surface area (Å²) in [6.45, 7) is 14.8. The summed E-state index contributed by atoms with van der Waals surface area (Å²) in [5.41, 5.74) is 3.37. The maximum Gasteiger partial charge on any atom is 0.253 e. The van der Waals surface area contributed by atoms with E-state index in [9.17, 15) is 14.4 Å². The van der Waals surface area contributed by atoms with Gasteiger partial charge in [-0.1, -0.05) is 36.4 Å².